The molecule has 0 radical (unpaired) electrons. The molecule has 0 aliphatic carbocycles. The van der Waals surface area contributed by atoms with Crippen LogP contribution >= 0.6 is 0 Å². The lowest BCUT2D eigenvalue weighted by Gasteiger charge is -2.17. The molecule has 0 atom stereocenters. The molecule has 0 saturated carbocycles. The highest BCUT2D eigenvalue weighted by Gasteiger charge is 2.28. The number of anilines is 2. The van der Waals surface area contributed by atoms with Crippen molar-refractivity contribution in [1.82, 2.24) is 4.31 Å². The fraction of sp³-hybridized carbons (Fsp3) is 0.240. The highest BCUT2D eigenvalue weighted by atomic mass is 32.2. The molecule has 3 aromatic carbocycles. The molecule has 1 amide bonds. The third kappa shape index (κ3) is 5.53. The summed E-state index contributed by atoms with van der Waals surface area (Å²) in [4.78, 5) is 13.1. The summed E-state index contributed by atoms with van der Waals surface area (Å²) in [5.41, 5.74) is 1.71. The monoisotopic (exact) mass is 529 g/mol. The Bertz CT molecular complexity index is 1460. The molecule has 0 spiro atoms. The average Bonchev–Trinajstić information content (AvgIpc) is 3.40. The molecule has 36 heavy (non-hydrogen) atoms. The summed E-state index contributed by atoms with van der Waals surface area (Å²) in [5, 5.41) is 2.69. The van der Waals surface area contributed by atoms with Gasteiger partial charge in [0.25, 0.3) is 15.9 Å². The molecule has 3 aromatic rings. The second-order valence-corrected chi connectivity index (χ2v) is 12.0. The van der Waals surface area contributed by atoms with Crippen molar-refractivity contribution in [3.05, 3.63) is 77.9 Å². The number of methoxy groups -OCH3 is 1. The smallest absolute Gasteiger partial charge is 0.261 e. The number of carbonyl (C=O) groups is 1. The fourth-order valence-corrected chi connectivity index (χ4v) is 6.44. The van der Waals surface area contributed by atoms with E-state index in [1.807, 2.05) is 6.92 Å². The first kappa shape index (κ1) is 25.7. The Hall–Kier alpha value is -3.41. The molecule has 190 valence electrons. The van der Waals surface area contributed by atoms with Crippen molar-refractivity contribution < 1.29 is 26.4 Å². The molecule has 1 saturated heterocycles. The van der Waals surface area contributed by atoms with E-state index in [1.165, 1.54) is 66.0 Å². The van der Waals surface area contributed by atoms with E-state index in [0.717, 1.165) is 18.4 Å². The van der Waals surface area contributed by atoms with E-state index in [0.29, 0.717) is 24.5 Å². The number of rotatable bonds is 8. The molecule has 2 N–H and O–H groups in total. The lowest BCUT2D eigenvalue weighted by atomic mass is 10.2. The molecule has 1 fully saturated rings. The van der Waals surface area contributed by atoms with Crippen LogP contribution in [-0.2, 0) is 20.0 Å². The van der Waals surface area contributed by atoms with E-state index in [9.17, 15) is 21.6 Å². The first-order valence-corrected chi connectivity index (χ1v) is 14.2. The van der Waals surface area contributed by atoms with Crippen molar-refractivity contribution in [3.63, 3.8) is 0 Å². The molecule has 9 nitrogen and oxygen atoms in total. The minimum absolute atomic E-state index is 0.0707. The minimum Gasteiger partial charge on any atom is -0.495 e. The molecule has 1 aliphatic heterocycles. The quantitative estimate of drug-likeness (QED) is 0.457. The Morgan fingerprint density at radius 2 is 1.47 bits per heavy atom. The fourth-order valence-electron chi connectivity index (χ4n) is 3.84. The predicted molar refractivity (Wildman–Crippen MR) is 137 cm³/mol. The number of hydrogen-bond acceptors (Lipinski definition) is 6. The summed E-state index contributed by atoms with van der Waals surface area (Å²) in [7, 11) is -6.02. The van der Waals surface area contributed by atoms with Crippen LogP contribution < -0.4 is 14.8 Å². The summed E-state index contributed by atoms with van der Waals surface area (Å²) in [6.45, 7) is 2.80. The van der Waals surface area contributed by atoms with Crippen LogP contribution in [0.1, 0.15) is 28.8 Å². The van der Waals surface area contributed by atoms with Gasteiger partial charge in [0.2, 0.25) is 10.0 Å². The van der Waals surface area contributed by atoms with Crippen molar-refractivity contribution in [2.75, 3.05) is 30.2 Å². The van der Waals surface area contributed by atoms with E-state index in [2.05, 4.69) is 10.0 Å². The molecule has 0 aromatic heterocycles. The maximum Gasteiger partial charge on any atom is 0.261 e. The topological polar surface area (TPSA) is 122 Å². The van der Waals surface area contributed by atoms with Crippen molar-refractivity contribution in [3.8, 4) is 5.75 Å². The standard InChI is InChI=1S/C25H27N3O6S2/c1-18-5-11-21(12-6-18)35(30,31)27-20-9-7-19(8-10-20)25(29)26-23-17-22(13-14-24(23)34-2)36(32,33)28-15-3-4-16-28/h5-14,17,27H,3-4,15-16H2,1-2H3,(H,26,29). The van der Waals surface area contributed by atoms with Crippen LogP contribution in [0.2, 0.25) is 0 Å². The zero-order chi connectivity index (χ0) is 25.9. The number of nitrogens with one attached hydrogen (secondary N) is 2. The van der Waals surface area contributed by atoms with Crippen LogP contribution in [-0.4, -0.2) is 47.2 Å². The Morgan fingerprint density at radius 3 is 2.08 bits per heavy atom. The van der Waals surface area contributed by atoms with E-state index in [1.54, 1.807) is 12.1 Å². The van der Waals surface area contributed by atoms with Crippen molar-refractivity contribution >= 4 is 37.3 Å². The van der Waals surface area contributed by atoms with Gasteiger partial charge >= 0.3 is 0 Å². The SMILES string of the molecule is COc1ccc(S(=O)(=O)N2CCCC2)cc1NC(=O)c1ccc(NS(=O)(=O)c2ccc(C)cc2)cc1. The highest BCUT2D eigenvalue weighted by Crippen LogP contribution is 2.30. The number of benzene rings is 3. The van der Waals surface area contributed by atoms with Gasteiger partial charge in [-0.15, -0.1) is 0 Å². The molecule has 11 heteroatoms. The van der Waals surface area contributed by atoms with Gasteiger partial charge in [-0.2, -0.15) is 4.31 Å². The Morgan fingerprint density at radius 1 is 0.861 bits per heavy atom. The van der Waals surface area contributed by atoms with Crippen LogP contribution in [0.4, 0.5) is 11.4 Å². The summed E-state index contributed by atoms with van der Waals surface area (Å²) in [6.07, 6.45) is 1.63. The van der Waals surface area contributed by atoms with Gasteiger partial charge in [-0.25, -0.2) is 16.8 Å². The van der Waals surface area contributed by atoms with Gasteiger partial charge in [-0.05, 0) is 74.4 Å². The predicted octanol–water partition coefficient (Wildman–Crippen LogP) is 3.84. The van der Waals surface area contributed by atoms with E-state index in [-0.39, 0.29) is 21.0 Å². The molecular formula is C25H27N3O6S2. The van der Waals surface area contributed by atoms with Crippen molar-refractivity contribution in [2.24, 2.45) is 0 Å². The average molecular weight is 530 g/mol. The maximum absolute atomic E-state index is 12.9. The lowest BCUT2D eigenvalue weighted by molar-refractivity contribution is 0.102. The van der Waals surface area contributed by atoms with Gasteiger partial charge in [0, 0.05) is 24.3 Å². The van der Waals surface area contributed by atoms with E-state index < -0.39 is 26.0 Å². The first-order chi connectivity index (χ1) is 17.1. The van der Waals surface area contributed by atoms with Gasteiger partial charge < -0.3 is 10.1 Å². The van der Waals surface area contributed by atoms with Crippen molar-refractivity contribution in [1.29, 1.82) is 0 Å². The van der Waals surface area contributed by atoms with Crippen molar-refractivity contribution in [2.45, 2.75) is 29.6 Å². The minimum atomic E-state index is -3.77. The van der Waals surface area contributed by atoms with Crippen LogP contribution in [0.3, 0.4) is 0 Å². The van der Waals surface area contributed by atoms with Crippen LogP contribution in [0.25, 0.3) is 0 Å². The number of aryl methyl sites for hydroxylation is 1. The summed E-state index contributed by atoms with van der Waals surface area (Å²) >= 11 is 0. The van der Waals surface area contributed by atoms with Gasteiger partial charge in [-0.1, -0.05) is 17.7 Å². The third-order valence-electron chi connectivity index (χ3n) is 5.85. The van der Waals surface area contributed by atoms with Crippen LogP contribution in [0.5, 0.6) is 5.75 Å². The maximum atomic E-state index is 12.9. The zero-order valence-electron chi connectivity index (χ0n) is 19.9. The number of hydrogen-bond donors (Lipinski definition) is 2. The molecule has 1 aliphatic rings. The molecular weight excluding hydrogens is 502 g/mol. The second-order valence-electron chi connectivity index (χ2n) is 8.42. The molecule has 0 bridgehead atoms. The zero-order valence-corrected chi connectivity index (χ0v) is 21.5. The van der Waals surface area contributed by atoms with E-state index in [4.69, 9.17) is 4.74 Å². The normalized spacial score (nSPS) is 14.4. The number of sulfonamides is 2. The Kier molecular flexibility index (Phi) is 7.34. The third-order valence-corrected chi connectivity index (χ3v) is 9.14. The number of nitrogens with zero attached hydrogens (tertiary/aromatic N) is 1. The number of ether oxygens (including phenoxy) is 1. The molecule has 1 heterocycles. The summed E-state index contributed by atoms with van der Waals surface area (Å²) in [6, 6.07) is 16.7. The van der Waals surface area contributed by atoms with Crippen LogP contribution in [0.15, 0.2) is 76.5 Å². The van der Waals surface area contributed by atoms with Gasteiger partial charge in [-0.3, -0.25) is 9.52 Å². The number of carbonyl (C=O) groups excluding carboxylic acids is 1. The summed E-state index contributed by atoms with van der Waals surface area (Å²) in [5.74, 6) is -0.192. The number of amides is 1. The lowest BCUT2D eigenvalue weighted by Crippen LogP contribution is -2.28. The van der Waals surface area contributed by atoms with Gasteiger partial charge in [0.15, 0.2) is 0 Å². The van der Waals surface area contributed by atoms with E-state index >= 15 is 0 Å². The summed E-state index contributed by atoms with van der Waals surface area (Å²) < 4.78 is 60.3. The molecule has 0 unspecified atom stereocenters. The highest BCUT2D eigenvalue weighted by molar-refractivity contribution is 7.92. The molecule has 4 rings (SSSR count). The first-order valence-electron chi connectivity index (χ1n) is 11.3. The largest absolute Gasteiger partial charge is 0.495 e. The Balaban J connectivity index is 1.51. The van der Waals surface area contributed by atoms with Gasteiger partial charge in [0.05, 0.1) is 22.6 Å². The Labute approximate surface area is 211 Å². The van der Waals surface area contributed by atoms with Crippen LogP contribution in [0, 0.1) is 6.92 Å². The second kappa shape index (κ2) is 10.3. The van der Waals surface area contributed by atoms with Gasteiger partial charge in [0.1, 0.15) is 5.75 Å².